The molecule has 0 bridgehead atoms. The molecule has 1 saturated heterocycles. The average molecular weight is 330 g/mol. The first-order valence-electron chi connectivity index (χ1n) is 6.79. The molecule has 0 atom stereocenters. The number of hydrogen-bond donors (Lipinski definition) is 2. The Morgan fingerprint density at radius 1 is 1.19 bits per heavy atom. The smallest absolute Gasteiger partial charge is 0.251 e. The molecule has 0 radical (unpaired) electrons. The third-order valence-corrected chi connectivity index (χ3v) is 4.01. The highest BCUT2D eigenvalue weighted by Gasteiger charge is 2.16. The third kappa shape index (κ3) is 4.59. The number of hydrogen-bond acceptors (Lipinski definition) is 3. The first kappa shape index (κ1) is 16.1. The maximum atomic E-state index is 12.0. The number of nitrogens with zero attached hydrogens (tertiary/aromatic N) is 1. The minimum Gasteiger partial charge on any atom is -0.343 e. The van der Waals surface area contributed by atoms with Crippen molar-refractivity contribution in [2.75, 3.05) is 32.7 Å². The van der Waals surface area contributed by atoms with Gasteiger partial charge in [-0.2, -0.15) is 0 Å². The molecule has 1 aliphatic rings. The van der Waals surface area contributed by atoms with Crippen LogP contribution in [-0.4, -0.2) is 49.4 Å². The molecule has 1 fully saturated rings. The van der Waals surface area contributed by atoms with Gasteiger partial charge in [0.05, 0.1) is 16.6 Å². The predicted molar refractivity (Wildman–Crippen MR) is 82.9 cm³/mol. The monoisotopic (exact) mass is 329 g/mol. The van der Waals surface area contributed by atoms with Crippen LogP contribution in [0.4, 0.5) is 0 Å². The molecule has 2 amide bonds. The van der Waals surface area contributed by atoms with Crippen molar-refractivity contribution in [1.82, 2.24) is 15.5 Å². The first-order chi connectivity index (χ1) is 10.1. The maximum Gasteiger partial charge on any atom is 0.251 e. The zero-order chi connectivity index (χ0) is 15.2. The van der Waals surface area contributed by atoms with E-state index in [0.717, 1.165) is 19.5 Å². The second-order valence-electron chi connectivity index (χ2n) is 4.80. The number of carbonyl (C=O) groups excluding carboxylic acids is 2. The summed E-state index contributed by atoms with van der Waals surface area (Å²) in [6.45, 7) is 3.07. The van der Waals surface area contributed by atoms with Crippen molar-refractivity contribution in [3.8, 4) is 0 Å². The predicted octanol–water partition coefficient (Wildman–Crippen LogP) is 1.55. The van der Waals surface area contributed by atoms with Crippen molar-refractivity contribution in [2.45, 2.75) is 6.42 Å². The van der Waals surface area contributed by atoms with Gasteiger partial charge in [-0.15, -0.1) is 0 Å². The van der Waals surface area contributed by atoms with E-state index in [2.05, 4.69) is 10.6 Å². The van der Waals surface area contributed by atoms with Gasteiger partial charge in [-0.1, -0.05) is 23.2 Å². The quantitative estimate of drug-likeness (QED) is 0.884. The van der Waals surface area contributed by atoms with Crippen LogP contribution in [0.15, 0.2) is 18.2 Å². The van der Waals surface area contributed by atoms with Gasteiger partial charge in [0.25, 0.3) is 5.91 Å². The number of halogens is 2. The Morgan fingerprint density at radius 2 is 2.00 bits per heavy atom. The summed E-state index contributed by atoms with van der Waals surface area (Å²) in [5.41, 5.74) is 0.384. The lowest BCUT2D eigenvalue weighted by molar-refractivity contribution is -0.129. The Balaban J connectivity index is 1.87. The van der Waals surface area contributed by atoms with Crippen LogP contribution in [0.25, 0.3) is 0 Å². The summed E-state index contributed by atoms with van der Waals surface area (Å²) in [6, 6.07) is 4.62. The lowest BCUT2D eigenvalue weighted by Crippen LogP contribution is -2.41. The Labute approximate surface area is 133 Å². The summed E-state index contributed by atoms with van der Waals surface area (Å²) in [7, 11) is 0. The summed E-state index contributed by atoms with van der Waals surface area (Å²) < 4.78 is 0. The molecule has 0 unspecified atom stereocenters. The minimum atomic E-state index is -0.338. The van der Waals surface area contributed by atoms with Gasteiger partial charge in [-0.25, -0.2) is 0 Å². The highest BCUT2D eigenvalue weighted by Crippen LogP contribution is 2.22. The molecule has 21 heavy (non-hydrogen) atoms. The number of nitrogens with one attached hydrogen (secondary N) is 2. The van der Waals surface area contributed by atoms with Crippen molar-refractivity contribution in [2.24, 2.45) is 0 Å². The molecule has 0 saturated carbocycles. The van der Waals surface area contributed by atoms with Crippen LogP contribution >= 0.6 is 23.2 Å². The number of amides is 2. The second kappa shape index (κ2) is 7.64. The summed E-state index contributed by atoms with van der Waals surface area (Å²) in [5.74, 6) is -0.415. The van der Waals surface area contributed by atoms with Gasteiger partial charge in [0.15, 0.2) is 0 Å². The molecule has 0 spiro atoms. The summed E-state index contributed by atoms with van der Waals surface area (Å²) in [4.78, 5) is 25.8. The van der Waals surface area contributed by atoms with Gasteiger partial charge in [0.1, 0.15) is 0 Å². The number of carbonyl (C=O) groups is 2. The summed E-state index contributed by atoms with van der Waals surface area (Å²) in [6.07, 6.45) is 0.923. The lowest BCUT2D eigenvalue weighted by Gasteiger charge is -2.20. The van der Waals surface area contributed by atoms with E-state index in [1.807, 2.05) is 0 Å². The van der Waals surface area contributed by atoms with Gasteiger partial charge < -0.3 is 15.5 Å². The van der Waals surface area contributed by atoms with Crippen molar-refractivity contribution < 1.29 is 9.59 Å². The van der Waals surface area contributed by atoms with Crippen molar-refractivity contribution >= 4 is 35.0 Å². The fourth-order valence-corrected chi connectivity index (χ4v) is 2.40. The topological polar surface area (TPSA) is 61.4 Å². The van der Waals surface area contributed by atoms with E-state index in [9.17, 15) is 9.59 Å². The van der Waals surface area contributed by atoms with E-state index in [0.29, 0.717) is 28.7 Å². The van der Waals surface area contributed by atoms with E-state index in [1.165, 1.54) is 6.07 Å². The fourth-order valence-electron chi connectivity index (χ4n) is 2.10. The van der Waals surface area contributed by atoms with Gasteiger partial charge in [0.2, 0.25) is 5.91 Å². The van der Waals surface area contributed by atoms with Gasteiger partial charge in [0, 0.05) is 25.2 Å². The molecule has 1 aromatic carbocycles. The Hall–Kier alpha value is -1.30. The minimum absolute atomic E-state index is 0.0148. The van der Waals surface area contributed by atoms with Crippen LogP contribution in [0.3, 0.4) is 0 Å². The van der Waals surface area contributed by atoms with Gasteiger partial charge in [-0.05, 0) is 31.2 Å². The number of benzene rings is 1. The van der Waals surface area contributed by atoms with E-state index in [1.54, 1.807) is 17.0 Å². The van der Waals surface area contributed by atoms with Crippen LogP contribution in [0.1, 0.15) is 16.8 Å². The molecule has 7 heteroatoms. The lowest BCUT2D eigenvalue weighted by atomic mass is 10.2. The third-order valence-electron chi connectivity index (χ3n) is 3.27. The standard InChI is InChI=1S/C14H17Cl2N3O2/c15-11-3-2-10(8-12(11)16)14(21)18-9-13(20)19-6-1-4-17-5-7-19/h2-3,8,17H,1,4-7,9H2,(H,18,21). The SMILES string of the molecule is O=C(NCC(=O)N1CCCNCC1)c1ccc(Cl)c(Cl)c1. The molecule has 2 N–H and O–H groups in total. The van der Waals surface area contributed by atoms with Gasteiger partial charge in [-0.3, -0.25) is 9.59 Å². The molecule has 5 nitrogen and oxygen atoms in total. The van der Waals surface area contributed by atoms with Crippen molar-refractivity contribution in [3.63, 3.8) is 0 Å². The Kier molecular flexibility index (Phi) is 5.85. The van der Waals surface area contributed by atoms with E-state index in [4.69, 9.17) is 23.2 Å². The fraction of sp³-hybridized carbons (Fsp3) is 0.429. The molecule has 2 rings (SSSR count). The molecule has 0 aliphatic carbocycles. The zero-order valence-corrected chi connectivity index (χ0v) is 13.0. The summed E-state index contributed by atoms with van der Waals surface area (Å²) >= 11 is 11.7. The van der Waals surface area contributed by atoms with Crippen LogP contribution in [-0.2, 0) is 4.79 Å². The molecular weight excluding hydrogens is 313 g/mol. The second-order valence-corrected chi connectivity index (χ2v) is 5.61. The maximum absolute atomic E-state index is 12.0. The van der Waals surface area contributed by atoms with E-state index in [-0.39, 0.29) is 18.4 Å². The average Bonchev–Trinajstić information content (AvgIpc) is 2.76. The van der Waals surface area contributed by atoms with Crippen molar-refractivity contribution in [1.29, 1.82) is 0 Å². The van der Waals surface area contributed by atoms with Crippen LogP contribution in [0, 0.1) is 0 Å². The molecular formula is C14H17Cl2N3O2. The normalized spacial score (nSPS) is 15.4. The highest BCUT2D eigenvalue weighted by molar-refractivity contribution is 6.42. The molecule has 1 aliphatic heterocycles. The van der Waals surface area contributed by atoms with Crippen LogP contribution < -0.4 is 10.6 Å². The van der Waals surface area contributed by atoms with Crippen molar-refractivity contribution in [3.05, 3.63) is 33.8 Å². The molecule has 0 aromatic heterocycles. The number of rotatable bonds is 3. The van der Waals surface area contributed by atoms with Crippen LogP contribution in [0.2, 0.25) is 10.0 Å². The highest BCUT2D eigenvalue weighted by atomic mass is 35.5. The molecule has 1 aromatic rings. The molecule has 114 valence electrons. The Morgan fingerprint density at radius 3 is 2.76 bits per heavy atom. The van der Waals surface area contributed by atoms with E-state index >= 15 is 0 Å². The zero-order valence-electron chi connectivity index (χ0n) is 11.5. The first-order valence-corrected chi connectivity index (χ1v) is 7.55. The summed E-state index contributed by atoms with van der Waals surface area (Å²) in [5, 5.41) is 6.54. The van der Waals surface area contributed by atoms with E-state index < -0.39 is 0 Å². The van der Waals surface area contributed by atoms with Gasteiger partial charge >= 0.3 is 0 Å². The van der Waals surface area contributed by atoms with Crippen LogP contribution in [0.5, 0.6) is 0 Å². The largest absolute Gasteiger partial charge is 0.343 e. The Bertz CT molecular complexity index is 529. The molecule has 1 heterocycles.